The lowest BCUT2D eigenvalue weighted by molar-refractivity contribution is 0.0659. The lowest BCUT2D eigenvalue weighted by Crippen LogP contribution is -2.48. The summed E-state index contributed by atoms with van der Waals surface area (Å²) >= 11 is 0. The highest BCUT2D eigenvalue weighted by atomic mass is 19.1. The van der Waals surface area contributed by atoms with Crippen LogP contribution in [0.15, 0.2) is 18.2 Å². The first kappa shape index (κ1) is 13.0. The van der Waals surface area contributed by atoms with E-state index in [-0.39, 0.29) is 23.4 Å². The molecule has 1 aromatic rings. The fraction of sp³-hybridized carbons (Fsp3) is 0.500. The van der Waals surface area contributed by atoms with Gasteiger partial charge in [-0.15, -0.1) is 0 Å². The van der Waals surface area contributed by atoms with Crippen LogP contribution in [0, 0.1) is 18.7 Å². The summed E-state index contributed by atoms with van der Waals surface area (Å²) in [6.45, 7) is 4.91. The Morgan fingerprint density at radius 2 is 2.22 bits per heavy atom. The number of nitrogens with zero attached hydrogens (tertiary/aromatic N) is 1. The smallest absolute Gasteiger partial charge is 0.256 e. The Kier molecular flexibility index (Phi) is 3.66. The normalized spacial score (nSPS) is 24.1. The summed E-state index contributed by atoms with van der Waals surface area (Å²) in [7, 11) is 0. The molecule has 3 nitrogen and oxygen atoms in total. The van der Waals surface area contributed by atoms with Gasteiger partial charge in [-0.2, -0.15) is 0 Å². The van der Waals surface area contributed by atoms with Crippen molar-refractivity contribution in [2.75, 3.05) is 13.1 Å². The second-order valence-electron chi connectivity index (χ2n) is 5.12. The molecule has 0 aromatic heterocycles. The molecule has 0 bridgehead atoms. The highest BCUT2D eigenvalue weighted by Gasteiger charge is 2.28. The molecule has 1 saturated heterocycles. The molecule has 1 aliphatic heterocycles. The highest BCUT2D eigenvalue weighted by Crippen LogP contribution is 2.19. The molecule has 2 rings (SSSR count). The molecule has 2 atom stereocenters. The fourth-order valence-corrected chi connectivity index (χ4v) is 2.33. The average Bonchev–Trinajstić information content (AvgIpc) is 2.35. The number of hydrogen-bond acceptors (Lipinski definition) is 2. The minimum atomic E-state index is -0.412. The van der Waals surface area contributed by atoms with Gasteiger partial charge in [0.2, 0.25) is 0 Å². The summed E-state index contributed by atoms with van der Waals surface area (Å²) in [5, 5.41) is 0. The number of piperidine rings is 1. The summed E-state index contributed by atoms with van der Waals surface area (Å²) in [6.07, 6.45) is 0.778. The summed E-state index contributed by atoms with van der Waals surface area (Å²) in [6, 6.07) is 5.06. The number of rotatable bonds is 1. The van der Waals surface area contributed by atoms with Gasteiger partial charge in [0, 0.05) is 19.1 Å². The van der Waals surface area contributed by atoms with Crippen LogP contribution in [0.2, 0.25) is 0 Å². The lowest BCUT2D eigenvalue weighted by atomic mass is 9.94. The van der Waals surface area contributed by atoms with Crippen LogP contribution in [0.1, 0.15) is 29.3 Å². The predicted octanol–water partition coefficient (Wildman–Crippen LogP) is 1.94. The van der Waals surface area contributed by atoms with E-state index < -0.39 is 5.82 Å². The first-order valence-corrected chi connectivity index (χ1v) is 6.30. The monoisotopic (exact) mass is 250 g/mol. The molecule has 1 amide bonds. The second kappa shape index (κ2) is 5.06. The zero-order chi connectivity index (χ0) is 13.3. The molecule has 4 heteroatoms. The van der Waals surface area contributed by atoms with Crippen LogP contribution in [0.3, 0.4) is 0 Å². The van der Waals surface area contributed by atoms with Gasteiger partial charge >= 0.3 is 0 Å². The molecule has 0 saturated carbocycles. The second-order valence-corrected chi connectivity index (χ2v) is 5.12. The third-order valence-corrected chi connectivity index (χ3v) is 3.68. The summed E-state index contributed by atoms with van der Waals surface area (Å²) in [4.78, 5) is 14.0. The molecule has 1 heterocycles. The van der Waals surface area contributed by atoms with Crippen LogP contribution in [0.5, 0.6) is 0 Å². The van der Waals surface area contributed by atoms with Gasteiger partial charge in [-0.1, -0.05) is 19.1 Å². The van der Waals surface area contributed by atoms with Crippen molar-refractivity contribution in [3.05, 3.63) is 35.1 Å². The number of carbonyl (C=O) groups excluding carboxylic acids is 1. The van der Waals surface area contributed by atoms with Crippen LogP contribution < -0.4 is 5.73 Å². The maximum atomic E-state index is 13.9. The van der Waals surface area contributed by atoms with Gasteiger partial charge in [-0.3, -0.25) is 4.79 Å². The summed E-state index contributed by atoms with van der Waals surface area (Å²) in [5.41, 5.74) is 6.59. The lowest BCUT2D eigenvalue weighted by Gasteiger charge is -2.35. The van der Waals surface area contributed by atoms with E-state index in [9.17, 15) is 9.18 Å². The van der Waals surface area contributed by atoms with Gasteiger partial charge in [0.05, 0.1) is 5.56 Å². The van der Waals surface area contributed by atoms with Crippen LogP contribution in [0.25, 0.3) is 0 Å². The number of hydrogen-bond donors (Lipinski definition) is 1. The number of likely N-dealkylation sites (tertiary alicyclic amines) is 1. The van der Waals surface area contributed by atoms with E-state index in [0.717, 1.165) is 6.42 Å². The number of benzene rings is 1. The van der Waals surface area contributed by atoms with Gasteiger partial charge in [0.15, 0.2) is 0 Å². The van der Waals surface area contributed by atoms with Crippen molar-refractivity contribution in [1.82, 2.24) is 4.90 Å². The van der Waals surface area contributed by atoms with E-state index >= 15 is 0 Å². The average molecular weight is 250 g/mol. The molecule has 2 unspecified atom stereocenters. The van der Waals surface area contributed by atoms with Crippen LogP contribution in [-0.2, 0) is 0 Å². The molecular formula is C14H19FN2O. The van der Waals surface area contributed by atoms with Crippen LogP contribution in [-0.4, -0.2) is 29.9 Å². The van der Waals surface area contributed by atoms with E-state index in [4.69, 9.17) is 5.73 Å². The molecule has 0 aliphatic carbocycles. The van der Waals surface area contributed by atoms with Crippen molar-refractivity contribution in [2.24, 2.45) is 11.7 Å². The minimum Gasteiger partial charge on any atom is -0.338 e. The van der Waals surface area contributed by atoms with Gasteiger partial charge in [0.1, 0.15) is 5.82 Å². The quantitative estimate of drug-likeness (QED) is 0.828. The van der Waals surface area contributed by atoms with Crippen LogP contribution in [0.4, 0.5) is 4.39 Å². The zero-order valence-corrected chi connectivity index (χ0v) is 10.8. The molecule has 1 fully saturated rings. The van der Waals surface area contributed by atoms with E-state index in [1.807, 2.05) is 6.92 Å². The van der Waals surface area contributed by atoms with Crippen molar-refractivity contribution in [3.8, 4) is 0 Å². The van der Waals surface area contributed by atoms with Gasteiger partial charge in [0.25, 0.3) is 5.91 Å². The molecule has 2 N–H and O–H groups in total. The number of carbonyl (C=O) groups is 1. The first-order valence-electron chi connectivity index (χ1n) is 6.30. The van der Waals surface area contributed by atoms with Gasteiger partial charge < -0.3 is 10.6 Å². The van der Waals surface area contributed by atoms with Gasteiger partial charge in [-0.25, -0.2) is 4.39 Å². The van der Waals surface area contributed by atoms with E-state index in [1.165, 1.54) is 0 Å². The molecule has 1 aromatic carbocycles. The highest BCUT2D eigenvalue weighted by molar-refractivity contribution is 5.94. The number of halogens is 1. The van der Waals surface area contributed by atoms with Crippen LogP contribution >= 0.6 is 0 Å². The standard InChI is InChI=1S/C14H19FN2O/c1-9-4-3-5-11(13(9)15)14(18)17-7-6-12(16)10(2)8-17/h3-5,10,12H,6-8,16H2,1-2H3. The number of nitrogens with two attached hydrogens (primary N) is 1. The molecule has 18 heavy (non-hydrogen) atoms. The Bertz CT molecular complexity index is 461. The number of aryl methyl sites for hydroxylation is 1. The minimum absolute atomic E-state index is 0.136. The first-order chi connectivity index (χ1) is 8.50. The third kappa shape index (κ3) is 2.38. The Labute approximate surface area is 107 Å². The molecule has 98 valence electrons. The van der Waals surface area contributed by atoms with Gasteiger partial charge in [-0.05, 0) is 30.9 Å². The fourth-order valence-electron chi connectivity index (χ4n) is 2.33. The number of amides is 1. The Morgan fingerprint density at radius 1 is 1.50 bits per heavy atom. The SMILES string of the molecule is Cc1cccc(C(=O)N2CCC(N)C(C)C2)c1F. The van der Waals surface area contributed by atoms with Crippen molar-refractivity contribution in [1.29, 1.82) is 0 Å². The molecule has 0 radical (unpaired) electrons. The van der Waals surface area contributed by atoms with E-state index in [0.29, 0.717) is 18.7 Å². The Morgan fingerprint density at radius 3 is 2.89 bits per heavy atom. The maximum absolute atomic E-state index is 13.9. The summed E-state index contributed by atoms with van der Waals surface area (Å²) < 4.78 is 13.9. The Hall–Kier alpha value is -1.42. The third-order valence-electron chi connectivity index (χ3n) is 3.68. The van der Waals surface area contributed by atoms with Crippen molar-refractivity contribution in [3.63, 3.8) is 0 Å². The van der Waals surface area contributed by atoms with Crippen molar-refractivity contribution in [2.45, 2.75) is 26.3 Å². The van der Waals surface area contributed by atoms with E-state index in [2.05, 4.69) is 0 Å². The van der Waals surface area contributed by atoms with Crippen molar-refractivity contribution < 1.29 is 9.18 Å². The molecular weight excluding hydrogens is 231 g/mol. The zero-order valence-electron chi connectivity index (χ0n) is 10.8. The summed E-state index contributed by atoms with van der Waals surface area (Å²) in [5.74, 6) is -0.379. The molecule has 0 spiro atoms. The van der Waals surface area contributed by atoms with E-state index in [1.54, 1.807) is 30.0 Å². The maximum Gasteiger partial charge on any atom is 0.256 e. The molecule has 1 aliphatic rings. The topological polar surface area (TPSA) is 46.3 Å². The Balaban J connectivity index is 2.19. The largest absolute Gasteiger partial charge is 0.338 e. The predicted molar refractivity (Wildman–Crippen MR) is 68.8 cm³/mol. The van der Waals surface area contributed by atoms with Crippen molar-refractivity contribution >= 4 is 5.91 Å².